The van der Waals surface area contributed by atoms with Crippen molar-refractivity contribution in [3.8, 4) is 11.3 Å². The van der Waals surface area contributed by atoms with Gasteiger partial charge < -0.3 is 11.1 Å². The number of hydrogen-bond donors (Lipinski definition) is 3. The predicted octanol–water partition coefficient (Wildman–Crippen LogP) is 3.96. The van der Waals surface area contributed by atoms with Gasteiger partial charge in [0, 0.05) is 22.5 Å². The number of rotatable bonds is 4. The number of benzene rings is 1. The van der Waals surface area contributed by atoms with Crippen molar-refractivity contribution in [2.45, 2.75) is 31.7 Å². The minimum atomic E-state index is 0.228. The molecule has 134 valence electrons. The molecule has 0 unspecified atom stereocenters. The summed E-state index contributed by atoms with van der Waals surface area (Å²) in [6, 6.07) is 12.0. The first-order valence-electron chi connectivity index (χ1n) is 8.81. The van der Waals surface area contributed by atoms with Crippen LogP contribution in [0.3, 0.4) is 0 Å². The minimum Gasteiger partial charge on any atom is -0.387 e. The van der Waals surface area contributed by atoms with E-state index >= 15 is 0 Å². The van der Waals surface area contributed by atoms with E-state index in [1.165, 1.54) is 0 Å². The molecule has 1 aliphatic rings. The maximum Gasteiger partial charge on any atom is 0.154 e. The van der Waals surface area contributed by atoms with Crippen LogP contribution < -0.4 is 11.1 Å². The van der Waals surface area contributed by atoms with Crippen molar-refractivity contribution in [1.29, 1.82) is 5.41 Å². The topological polar surface area (TPSA) is 92.1 Å². The standard InChI is InChI=1S/C19H21ClN6/c20-14-3-1-2-13(10-14)16-11-23-18-9-8-17(25-26(16)18)24-15-6-4-12(5-7-15)19(21)22/h1-3,8-12,15H,4-7H2,(H3,21,22)(H,24,25). The molecule has 7 heteroatoms. The molecule has 1 aromatic carbocycles. The number of fused-ring (bicyclic) bond motifs is 1. The third-order valence-electron chi connectivity index (χ3n) is 5.00. The van der Waals surface area contributed by atoms with E-state index < -0.39 is 0 Å². The second-order valence-corrected chi connectivity index (χ2v) is 7.23. The van der Waals surface area contributed by atoms with Crippen molar-refractivity contribution in [1.82, 2.24) is 14.6 Å². The number of nitrogens with zero attached hydrogens (tertiary/aromatic N) is 3. The van der Waals surface area contributed by atoms with Gasteiger partial charge in [-0.3, -0.25) is 5.41 Å². The van der Waals surface area contributed by atoms with Gasteiger partial charge in [-0.05, 0) is 49.9 Å². The first-order chi connectivity index (χ1) is 12.6. The Balaban J connectivity index is 1.56. The molecule has 0 saturated heterocycles. The third-order valence-corrected chi connectivity index (χ3v) is 5.24. The zero-order valence-electron chi connectivity index (χ0n) is 14.3. The van der Waals surface area contributed by atoms with Gasteiger partial charge in [0.15, 0.2) is 5.65 Å². The predicted molar refractivity (Wildman–Crippen MR) is 105 cm³/mol. The average Bonchev–Trinajstić information content (AvgIpc) is 3.05. The van der Waals surface area contributed by atoms with E-state index in [4.69, 9.17) is 27.8 Å². The average molecular weight is 369 g/mol. The lowest BCUT2D eigenvalue weighted by molar-refractivity contribution is 0.404. The van der Waals surface area contributed by atoms with Gasteiger partial charge in [0.1, 0.15) is 5.82 Å². The first kappa shape index (κ1) is 16.8. The van der Waals surface area contributed by atoms with E-state index in [-0.39, 0.29) is 5.92 Å². The van der Waals surface area contributed by atoms with E-state index in [0.29, 0.717) is 16.9 Å². The molecule has 0 spiro atoms. The number of anilines is 1. The van der Waals surface area contributed by atoms with Crippen LogP contribution in [0.15, 0.2) is 42.6 Å². The molecule has 6 nitrogen and oxygen atoms in total. The summed E-state index contributed by atoms with van der Waals surface area (Å²) in [5.41, 5.74) is 8.32. The van der Waals surface area contributed by atoms with Gasteiger partial charge >= 0.3 is 0 Å². The molecule has 2 aromatic heterocycles. The fourth-order valence-corrected chi connectivity index (χ4v) is 3.74. The molecule has 26 heavy (non-hydrogen) atoms. The normalized spacial score (nSPS) is 20.2. The fourth-order valence-electron chi connectivity index (χ4n) is 3.55. The quantitative estimate of drug-likeness (QED) is 0.480. The first-order valence-corrected chi connectivity index (χ1v) is 9.19. The Hall–Kier alpha value is -2.60. The summed E-state index contributed by atoms with van der Waals surface area (Å²) in [6.07, 6.45) is 5.71. The van der Waals surface area contributed by atoms with Crippen molar-refractivity contribution in [2.75, 3.05) is 5.32 Å². The highest BCUT2D eigenvalue weighted by atomic mass is 35.5. The van der Waals surface area contributed by atoms with Gasteiger partial charge in [0.2, 0.25) is 0 Å². The summed E-state index contributed by atoms with van der Waals surface area (Å²) in [5.74, 6) is 1.36. The number of nitrogens with one attached hydrogen (secondary N) is 2. The lowest BCUT2D eigenvalue weighted by Crippen LogP contribution is -2.32. The maximum atomic E-state index is 7.59. The molecule has 3 aromatic rings. The van der Waals surface area contributed by atoms with E-state index in [1.54, 1.807) is 0 Å². The highest BCUT2D eigenvalue weighted by Crippen LogP contribution is 2.27. The van der Waals surface area contributed by atoms with Crippen LogP contribution in [0.5, 0.6) is 0 Å². The van der Waals surface area contributed by atoms with Crippen molar-refractivity contribution in [3.05, 3.63) is 47.6 Å². The highest BCUT2D eigenvalue weighted by molar-refractivity contribution is 6.30. The minimum absolute atomic E-state index is 0.228. The number of amidine groups is 1. The SMILES string of the molecule is N=C(N)C1CCC(Nc2ccc3ncc(-c4cccc(Cl)c4)n3n2)CC1. The molecular formula is C19H21ClN6. The van der Waals surface area contributed by atoms with Crippen molar-refractivity contribution < 1.29 is 0 Å². The Morgan fingerprint density at radius 1 is 1.19 bits per heavy atom. The monoisotopic (exact) mass is 368 g/mol. The van der Waals surface area contributed by atoms with E-state index in [0.717, 1.165) is 48.4 Å². The number of halogens is 1. The Kier molecular flexibility index (Phi) is 4.51. The number of aromatic nitrogens is 3. The second-order valence-electron chi connectivity index (χ2n) is 6.79. The summed E-state index contributed by atoms with van der Waals surface area (Å²) in [7, 11) is 0. The van der Waals surface area contributed by atoms with Gasteiger partial charge in [-0.2, -0.15) is 0 Å². The van der Waals surface area contributed by atoms with Crippen molar-refractivity contribution >= 4 is 28.9 Å². The molecule has 0 amide bonds. The van der Waals surface area contributed by atoms with Gasteiger partial charge in [-0.25, -0.2) is 9.50 Å². The van der Waals surface area contributed by atoms with Crippen LogP contribution in [0.25, 0.3) is 16.9 Å². The highest BCUT2D eigenvalue weighted by Gasteiger charge is 2.23. The zero-order chi connectivity index (χ0) is 18.1. The summed E-state index contributed by atoms with van der Waals surface area (Å²) >= 11 is 6.12. The molecule has 0 bridgehead atoms. The van der Waals surface area contributed by atoms with E-state index in [1.807, 2.05) is 47.1 Å². The summed E-state index contributed by atoms with van der Waals surface area (Å²) in [6.45, 7) is 0. The molecule has 4 N–H and O–H groups in total. The molecule has 2 heterocycles. The molecule has 0 radical (unpaired) electrons. The molecule has 1 aliphatic carbocycles. The van der Waals surface area contributed by atoms with Crippen molar-refractivity contribution in [2.24, 2.45) is 11.7 Å². The van der Waals surface area contributed by atoms with Crippen LogP contribution in [0.2, 0.25) is 5.02 Å². The van der Waals surface area contributed by atoms with E-state index in [2.05, 4.69) is 10.3 Å². The number of nitrogens with two attached hydrogens (primary N) is 1. The largest absolute Gasteiger partial charge is 0.387 e. The van der Waals surface area contributed by atoms with Gasteiger partial charge in [0.05, 0.1) is 17.7 Å². The van der Waals surface area contributed by atoms with Crippen LogP contribution in [0.4, 0.5) is 5.82 Å². The Morgan fingerprint density at radius 2 is 2.00 bits per heavy atom. The summed E-state index contributed by atoms with van der Waals surface area (Å²) < 4.78 is 1.84. The van der Waals surface area contributed by atoms with Crippen molar-refractivity contribution in [3.63, 3.8) is 0 Å². The Morgan fingerprint density at radius 3 is 2.73 bits per heavy atom. The van der Waals surface area contributed by atoms with Crippen LogP contribution in [0, 0.1) is 11.3 Å². The number of hydrogen-bond acceptors (Lipinski definition) is 4. The fraction of sp³-hybridized carbons (Fsp3) is 0.316. The van der Waals surface area contributed by atoms with Gasteiger partial charge in [0.25, 0.3) is 0 Å². The number of imidazole rings is 1. The lowest BCUT2D eigenvalue weighted by Gasteiger charge is -2.28. The van der Waals surface area contributed by atoms with Gasteiger partial charge in [-0.1, -0.05) is 23.7 Å². The molecule has 4 rings (SSSR count). The molecule has 0 atom stereocenters. The van der Waals surface area contributed by atoms with Crippen LogP contribution >= 0.6 is 11.6 Å². The van der Waals surface area contributed by atoms with E-state index in [9.17, 15) is 0 Å². The Labute approximate surface area is 156 Å². The molecular weight excluding hydrogens is 348 g/mol. The maximum absolute atomic E-state index is 7.59. The summed E-state index contributed by atoms with van der Waals surface area (Å²) in [5, 5.41) is 16.5. The summed E-state index contributed by atoms with van der Waals surface area (Å²) in [4.78, 5) is 4.43. The second kappa shape index (κ2) is 6.96. The van der Waals surface area contributed by atoms with Crippen LogP contribution in [-0.2, 0) is 0 Å². The van der Waals surface area contributed by atoms with Crippen LogP contribution in [0.1, 0.15) is 25.7 Å². The molecule has 1 fully saturated rings. The smallest absolute Gasteiger partial charge is 0.154 e. The lowest BCUT2D eigenvalue weighted by atomic mass is 9.85. The van der Waals surface area contributed by atoms with Gasteiger partial charge in [-0.15, -0.1) is 5.10 Å². The zero-order valence-corrected chi connectivity index (χ0v) is 15.1. The molecule has 1 saturated carbocycles. The Bertz CT molecular complexity index is 942. The van der Waals surface area contributed by atoms with Crippen LogP contribution in [-0.4, -0.2) is 26.5 Å². The third kappa shape index (κ3) is 3.37. The molecule has 0 aliphatic heterocycles.